The topological polar surface area (TPSA) is 33.7 Å². The first-order valence-electron chi connectivity index (χ1n) is 8.13. The van der Waals surface area contributed by atoms with Crippen molar-refractivity contribution in [3.63, 3.8) is 0 Å². The van der Waals surface area contributed by atoms with Crippen molar-refractivity contribution in [2.24, 2.45) is 0 Å². The van der Waals surface area contributed by atoms with Gasteiger partial charge in [0.05, 0.1) is 13.2 Å². The lowest BCUT2D eigenvalue weighted by molar-refractivity contribution is 0.141. The Morgan fingerprint density at radius 1 is 1.10 bits per heavy atom. The highest BCUT2D eigenvalue weighted by Gasteiger charge is 2.16. The number of hydrogen-bond acceptors (Lipinski definition) is 4. The molecule has 1 aromatic rings. The average molecular weight is 292 g/mol. The Labute approximate surface area is 128 Å². The van der Waals surface area contributed by atoms with Crippen molar-refractivity contribution >= 4 is 11.4 Å². The number of ether oxygens (including phenoxy) is 2. The fourth-order valence-corrected chi connectivity index (χ4v) is 2.78. The van der Waals surface area contributed by atoms with Gasteiger partial charge in [-0.3, -0.25) is 0 Å². The summed E-state index contributed by atoms with van der Waals surface area (Å²) in [6, 6.07) is 6.55. The van der Waals surface area contributed by atoms with Gasteiger partial charge in [0.1, 0.15) is 0 Å². The van der Waals surface area contributed by atoms with Crippen LogP contribution in [0.1, 0.15) is 25.8 Å². The van der Waals surface area contributed by atoms with E-state index in [4.69, 9.17) is 9.47 Å². The van der Waals surface area contributed by atoms with Crippen LogP contribution in [0, 0.1) is 0 Å². The van der Waals surface area contributed by atoms with Crippen LogP contribution in [-0.2, 0) is 15.9 Å². The number of anilines is 2. The molecule has 0 saturated carbocycles. The fourth-order valence-electron chi connectivity index (χ4n) is 2.78. The van der Waals surface area contributed by atoms with E-state index in [0.717, 1.165) is 52.5 Å². The van der Waals surface area contributed by atoms with Gasteiger partial charge in [0.2, 0.25) is 0 Å². The highest BCUT2D eigenvalue weighted by Crippen LogP contribution is 2.31. The van der Waals surface area contributed by atoms with Crippen LogP contribution in [-0.4, -0.2) is 46.1 Å². The molecule has 4 nitrogen and oxygen atoms in total. The van der Waals surface area contributed by atoms with Crippen LogP contribution in [0.15, 0.2) is 18.2 Å². The fraction of sp³-hybridized carbons (Fsp3) is 0.647. The molecular formula is C17H28N2O2. The molecule has 1 aliphatic rings. The normalized spacial score (nSPS) is 13.6. The van der Waals surface area contributed by atoms with E-state index >= 15 is 0 Å². The second-order valence-corrected chi connectivity index (χ2v) is 5.21. The van der Waals surface area contributed by atoms with Crippen molar-refractivity contribution in [2.45, 2.75) is 26.7 Å². The molecule has 0 bridgehead atoms. The maximum absolute atomic E-state index is 5.54. The SMILES string of the molecule is CCOCCN(CCOCC)c1cccc2c1CCCN2. The zero-order valence-electron chi connectivity index (χ0n) is 13.4. The Bertz CT molecular complexity index is 413. The maximum Gasteiger partial charge on any atom is 0.0641 e. The molecule has 1 N–H and O–H groups in total. The predicted octanol–water partition coefficient (Wildman–Crippen LogP) is 2.92. The maximum atomic E-state index is 5.54. The number of rotatable bonds is 9. The van der Waals surface area contributed by atoms with Crippen LogP contribution in [0.25, 0.3) is 0 Å². The highest BCUT2D eigenvalue weighted by atomic mass is 16.5. The van der Waals surface area contributed by atoms with Crippen molar-refractivity contribution in [3.8, 4) is 0 Å². The van der Waals surface area contributed by atoms with Crippen molar-refractivity contribution in [1.82, 2.24) is 0 Å². The Morgan fingerprint density at radius 2 is 1.81 bits per heavy atom. The van der Waals surface area contributed by atoms with Gasteiger partial charge in [-0.05, 0) is 44.4 Å². The minimum Gasteiger partial charge on any atom is -0.385 e. The molecule has 1 aromatic carbocycles. The largest absolute Gasteiger partial charge is 0.385 e. The number of benzene rings is 1. The van der Waals surface area contributed by atoms with E-state index in [0.29, 0.717) is 0 Å². The van der Waals surface area contributed by atoms with E-state index in [9.17, 15) is 0 Å². The average Bonchev–Trinajstić information content (AvgIpc) is 2.53. The predicted molar refractivity (Wildman–Crippen MR) is 88.5 cm³/mol. The molecular weight excluding hydrogens is 264 g/mol. The van der Waals surface area contributed by atoms with Crippen LogP contribution < -0.4 is 10.2 Å². The van der Waals surface area contributed by atoms with E-state index in [1.54, 1.807) is 0 Å². The Balaban J connectivity index is 2.10. The van der Waals surface area contributed by atoms with E-state index in [-0.39, 0.29) is 0 Å². The van der Waals surface area contributed by atoms with E-state index < -0.39 is 0 Å². The number of hydrogen-bond donors (Lipinski definition) is 1. The molecule has 1 heterocycles. The third kappa shape index (κ3) is 4.61. The Kier molecular flexibility index (Phi) is 6.83. The van der Waals surface area contributed by atoms with Crippen LogP contribution >= 0.6 is 0 Å². The minimum absolute atomic E-state index is 0.764. The van der Waals surface area contributed by atoms with Gasteiger partial charge in [-0.15, -0.1) is 0 Å². The van der Waals surface area contributed by atoms with Gasteiger partial charge in [-0.1, -0.05) is 6.07 Å². The molecule has 0 unspecified atom stereocenters. The molecule has 0 radical (unpaired) electrons. The first-order valence-corrected chi connectivity index (χ1v) is 8.13. The van der Waals surface area contributed by atoms with Gasteiger partial charge in [0.25, 0.3) is 0 Å². The number of fused-ring (bicyclic) bond motifs is 1. The third-order valence-corrected chi connectivity index (χ3v) is 3.83. The smallest absolute Gasteiger partial charge is 0.0641 e. The molecule has 0 saturated heterocycles. The monoisotopic (exact) mass is 292 g/mol. The second kappa shape index (κ2) is 8.90. The van der Waals surface area contributed by atoms with Gasteiger partial charge >= 0.3 is 0 Å². The van der Waals surface area contributed by atoms with E-state index in [2.05, 4.69) is 28.4 Å². The summed E-state index contributed by atoms with van der Waals surface area (Å²) in [5.41, 5.74) is 4.06. The number of nitrogens with one attached hydrogen (secondary N) is 1. The first-order chi connectivity index (χ1) is 10.4. The van der Waals surface area contributed by atoms with Crippen molar-refractivity contribution in [2.75, 3.05) is 56.3 Å². The molecule has 0 amide bonds. The molecule has 1 aliphatic heterocycles. The zero-order chi connectivity index (χ0) is 14.9. The summed E-state index contributed by atoms with van der Waals surface area (Å²) in [5.74, 6) is 0. The molecule has 0 spiro atoms. The van der Waals surface area contributed by atoms with Crippen LogP contribution in [0.3, 0.4) is 0 Å². The Morgan fingerprint density at radius 3 is 2.48 bits per heavy atom. The third-order valence-electron chi connectivity index (χ3n) is 3.83. The number of nitrogens with zero attached hydrogens (tertiary/aromatic N) is 1. The van der Waals surface area contributed by atoms with Gasteiger partial charge in [-0.25, -0.2) is 0 Å². The molecule has 2 rings (SSSR count). The summed E-state index contributed by atoms with van der Waals surface area (Å²) in [7, 11) is 0. The van der Waals surface area contributed by atoms with Gasteiger partial charge in [0.15, 0.2) is 0 Å². The lowest BCUT2D eigenvalue weighted by atomic mass is 10.0. The van der Waals surface area contributed by atoms with E-state index in [1.807, 2.05) is 13.8 Å². The molecule has 4 heteroatoms. The first kappa shape index (κ1) is 16.1. The summed E-state index contributed by atoms with van der Waals surface area (Å²) in [6.45, 7) is 10.1. The van der Waals surface area contributed by atoms with E-state index in [1.165, 1.54) is 23.4 Å². The van der Waals surface area contributed by atoms with Crippen LogP contribution in [0.4, 0.5) is 11.4 Å². The molecule has 118 valence electrons. The second-order valence-electron chi connectivity index (χ2n) is 5.21. The standard InChI is InChI=1S/C17H28N2O2/c1-3-20-13-11-19(12-14-21-4-2)17-9-5-8-16-15(17)7-6-10-18-16/h5,8-9,18H,3-4,6-7,10-14H2,1-2H3. The summed E-state index contributed by atoms with van der Waals surface area (Å²) in [6.07, 6.45) is 2.35. The van der Waals surface area contributed by atoms with Crippen LogP contribution in [0.2, 0.25) is 0 Å². The van der Waals surface area contributed by atoms with Crippen molar-refractivity contribution < 1.29 is 9.47 Å². The summed E-state index contributed by atoms with van der Waals surface area (Å²) in [4.78, 5) is 2.40. The lowest BCUT2D eigenvalue weighted by Crippen LogP contribution is -2.32. The zero-order valence-corrected chi connectivity index (χ0v) is 13.4. The minimum atomic E-state index is 0.764. The van der Waals surface area contributed by atoms with Gasteiger partial charge < -0.3 is 19.7 Å². The quantitative estimate of drug-likeness (QED) is 0.710. The molecule has 0 aliphatic carbocycles. The van der Waals surface area contributed by atoms with Gasteiger partial charge in [0, 0.05) is 44.2 Å². The van der Waals surface area contributed by atoms with Crippen molar-refractivity contribution in [3.05, 3.63) is 23.8 Å². The summed E-state index contributed by atoms with van der Waals surface area (Å²) >= 11 is 0. The molecule has 0 atom stereocenters. The summed E-state index contributed by atoms with van der Waals surface area (Å²) < 4.78 is 11.1. The van der Waals surface area contributed by atoms with Crippen molar-refractivity contribution in [1.29, 1.82) is 0 Å². The highest BCUT2D eigenvalue weighted by molar-refractivity contribution is 5.67. The summed E-state index contributed by atoms with van der Waals surface area (Å²) in [5, 5.41) is 3.50. The van der Waals surface area contributed by atoms with Crippen LogP contribution in [0.5, 0.6) is 0 Å². The lowest BCUT2D eigenvalue weighted by Gasteiger charge is -2.30. The molecule has 21 heavy (non-hydrogen) atoms. The Hall–Kier alpha value is -1.26. The van der Waals surface area contributed by atoms with Gasteiger partial charge in [-0.2, -0.15) is 0 Å². The molecule has 0 aromatic heterocycles. The molecule has 0 fully saturated rings.